The topological polar surface area (TPSA) is 216 Å². The molecule has 2 atom stereocenters. The van der Waals surface area contributed by atoms with Gasteiger partial charge in [-0.3, -0.25) is 19.2 Å². The molecule has 25 heavy (non-hydrogen) atoms. The number of carboxylic acids is 2. The maximum absolute atomic E-state index is 11.7. The van der Waals surface area contributed by atoms with Crippen molar-refractivity contribution < 1.29 is 71.9 Å². The predicted molar refractivity (Wildman–Crippen MR) is 79.6 cm³/mol. The molecular formula is C10H16N3NaO9S2. The van der Waals surface area contributed by atoms with Crippen LogP contribution in [0.15, 0.2) is 0 Å². The van der Waals surface area contributed by atoms with Crippen LogP contribution in [0.2, 0.25) is 0 Å². The Kier molecular flexibility index (Phi) is 13.1. The van der Waals surface area contributed by atoms with Crippen molar-refractivity contribution in [2.45, 2.75) is 24.9 Å². The Morgan fingerprint density at radius 2 is 1.76 bits per heavy atom. The normalized spacial score (nSPS) is 13.0. The third-order valence-electron chi connectivity index (χ3n) is 2.44. The van der Waals surface area contributed by atoms with E-state index in [1.54, 1.807) is 0 Å². The molecular weight excluding hydrogens is 393 g/mol. The fourth-order valence-electron chi connectivity index (χ4n) is 1.30. The van der Waals surface area contributed by atoms with Gasteiger partial charge in [0.2, 0.25) is 11.8 Å². The van der Waals surface area contributed by atoms with Gasteiger partial charge in [0.25, 0.3) is 0 Å². The first-order valence-electron chi connectivity index (χ1n) is 6.30. The molecule has 0 saturated heterocycles. The van der Waals surface area contributed by atoms with E-state index in [4.69, 9.17) is 15.9 Å². The van der Waals surface area contributed by atoms with Crippen LogP contribution in [0.5, 0.6) is 0 Å². The molecule has 0 rings (SSSR count). The van der Waals surface area contributed by atoms with Crippen molar-refractivity contribution >= 4 is 43.7 Å². The first-order chi connectivity index (χ1) is 10.9. The minimum atomic E-state index is -4.74. The summed E-state index contributed by atoms with van der Waals surface area (Å²) in [6.07, 6.45) is -0.609. The SMILES string of the molecule is N[C@@H](CCC(=O)N[C@@H](CSS(=O)(=O)[O-])C(=O)NCC(=O)O)C(=O)O.[Na+]. The molecule has 0 unspecified atom stereocenters. The zero-order valence-corrected chi connectivity index (χ0v) is 16.8. The third kappa shape index (κ3) is 14.0. The molecule has 0 saturated carbocycles. The minimum absolute atomic E-state index is 0. The van der Waals surface area contributed by atoms with E-state index in [2.05, 4.69) is 5.32 Å². The van der Waals surface area contributed by atoms with Gasteiger partial charge in [0, 0.05) is 12.2 Å². The number of carbonyl (C=O) groups is 4. The molecule has 0 aliphatic heterocycles. The summed E-state index contributed by atoms with van der Waals surface area (Å²) in [7, 11) is -4.88. The van der Waals surface area contributed by atoms with Gasteiger partial charge in [-0.2, -0.15) is 0 Å². The van der Waals surface area contributed by atoms with Crippen LogP contribution in [0.1, 0.15) is 12.8 Å². The van der Waals surface area contributed by atoms with E-state index in [1.807, 2.05) is 5.32 Å². The Bertz CT molecular complexity index is 598. The minimum Gasteiger partial charge on any atom is -0.739 e. The molecule has 0 aromatic rings. The van der Waals surface area contributed by atoms with Gasteiger partial charge < -0.3 is 31.1 Å². The Morgan fingerprint density at radius 3 is 2.20 bits per heavy atom. The average molecular weight is 409 g/mol. The van der Waals surface area contributed by atoms with Crippen molar-refractivity contribution in [2.24, 2.45) is 5.73 Å². The first kappa shape index (κ1) is 26.3. The largest absolute Gasteiger partial charge is 1.00 e. The molecule has 12 nitrogen and oxygen atoms in total. The van der Waals surface area contributed by atoms with Crippen molar-refractivity contribution in [3.8, 4) is 0 Å². The van der Waals surface area contributed by atoms with E-state index in [1.165, 1.54) is 0 Å². The van der Waals surface area contributed by atoms with Gasteiger partial charge in [-0.15, -0.1) is 0 Å². The zero-order chi connectivity index (χ0) is 18.9. The van der Waals surface area contributed by atoms with Gasteiger partial charge in [-0.1, -0.05) is 0 Å². The van der Waals surface area contributed by atoms with E-state index in [-0.39, 0.29) is 53.2 Å². The van der Waals surface area contributed by atoms with Gasteiger partial charge in [-0.05, 0) is 17.2 Å². The number of hydrogen-bond donors (Lipinski definition) is 5. The van der Waals surface area contributed by atoms with Crippen LogP contribution in [0, 0.1) is 0 Å². The fourth-order valence-corrected chi connectivity index (χ4v) is 2.74. The smallest absolute Gasteiger partial charge is 0.739 e. The second kappa shape index (κ2) is 12.5. The van der Waals surface area contributed by atoms with Crippen LogP contribution in [-0.2, 0) is 28.3 Å². The number of carboxylic acid groups (broad SMARTS) is 2. The van der Waals surface area contributed by atoms with Crippen LogP contribution in [-0.4, -0.2) is 71.3 Å². The van der Waals surface area contributed by atoms with Crippen LogP contribution < -0.4 is 45.9 Å². The van der Waals surface area contributed by atoms with Crippen molar-refractivity contribution in [3.63, 3.8) is 0 Å². The number of rotatable bonds is 11. The van der Waals surface area contributed by atoms with E-state index in [9.17, 15) is 32.1 Å². The van der Waals surface area contributed by atoms with Crippen LogP contribution in [0.25, 0.3) is 0 Å². The predicted octanol–water partition coefficient (Wildman–Crippen LogP) is -5.94. The molecule has 2 amide bonds. The van der Waals surface area contributed by atoms with E-state index in [0.717, 1.165) is 0 Å². The fraction of sp³-hybridized carbons (Fsp3) is 0.600. The van der Waals surface area contributed by atoms with Crippen molar-refractivity contribution in [1.29, 1.82) is 0 Å². The molecule has 0 spiro atoms. The number of amides is 2. The Hall–Kier alpha value is -0.900. The number of aliphatic carboxylic acids is 2. The summed E-state index contributed by atoms with van der Waals surface area (Å²) in [5.74, 6) is -5.17. The second-order valence-electron chi connectivity index (χ2n) is 4.41. The van der Waals surface area contributed by atoms with Crippen LogP contribution >= 0.6 is 10.8 Å². The van der Waals surface area contributed by atoms with Gasteiger partial charge in [0.05, 0.1) is 0 Å². The second-order valence-corrected chi connectivity index (χ2v) is 7.73. The van der Waals surface area contributed by atoms with E-state index in [0.29, 0.717) is 0 Å². The number of nitrogens with two attached hydrogens (primary N) is 1. The van der Waals surface area contributed by atoms with Crippen LogP contribution in [0.4, 0.5) is 0 Å². The summed E-state index contributed by atoms with van der Waals surface area (Å²) in [4.78, 5) is 44.3. The molecule has 15 heteroatoms. The number of hydrogen-bond acceptors (Lipinski definition) is 9. The Balaban J connectivity index is 0. The summed E-state index contributed by atoms with van der Waals surface area (Å²) < 4.78 is 31.8. The summed E-state index contributed by atoms with van der Waals surface area (Å²) in [5, 5.41) is 21.1. The Labute approximate surface area is 168 Å². The van der Waals surface area contributed by atoms with E-state index >= 15 is 0 Å². The number of carbonyl (C=O) groups excluding carboxylic acids is 2. The van der Waals surface area contributed by atoms with Gasteiger partial charge in [0.1, 0.15) is 27.8 Å². The molecule has 0 aliphatic carbocycles. The van der Waals surface area contributed by atoms with Gasteiger partial charge in [-0.25, -0.2) is 8.42 Å². The van der Waals surface area contributed by atoms with Crippen molar-refractivity contribution in [3.05, 3.63) is 0 Å². The molecule has 6 N–H and O–H groups in total. The van der Waals surface area contributed by atoms with Gasteiger partial charge >= 0.3 is 41.5 Å². The summed E-state index contributed by atoms with van der Waals surface area (Å²) in [6, 6.07) is -2.79. The maximum Gasteiger partial charge on any atom is 1.00 e. The first-order valence-corrected chi connectivity index (χ1v) is 9.21. The maximum atomic E-state index is 11.7. The zero-order valence-electron chi connectivity index (χ0n) is 13.1. The van der Waals surface area contributed by atoms with E-state index < -0.39 is 57.3 Å². The molecule has 0 aromatic carbocycles. The molecule has 0 heterocycles. The van der Waals surface area contributed by atoms with Crippen molar-refractivity contribution in [1.82, 2.24) is 10.6 Å². The summed E-state index contributed by atoms with van der Waals surface area (Å²) in [6.45, 7) is -0.774. The quantitative estimate of drug-likeness (QED) is 0.123. The standard InChI is InChI=1S/C10H17N3O9S2.Na/c11-5(10(18)19)1-2-7(14)13-6(4-23-24(20,21)22)9(17)12-3-8(15)16;/h5-6H,1-4,11H2,(H,12,17)(H,13,14)(H,15,16)(H,18,19)(H,20,21,22);/q;+1/p-1/t5-,6-;/m0./s1. The molecule has 138 valence electrons. The monoisotopic (exact) mass is 409 g/mol. The molecule has 0 fully saturated rings. The average Bonchev–Trinajstić information content (AvgIpc) is 2.45. The summed E-state index contributed by atoms with van der Waals surface area (Å²) in [5.41, 5.74) is 5.20. The van der Waals surface area contributed by atoms with Gasteiger partial charge in [0.15, 0.2) is 0 Å². The molecule has 0 aliphatic rings. The Morgan fingerprint density at radius 1 is 1.20 bits per heavy atom. The molecule has 0 radical (unpaired) electrons. The van der Waals surface area contributed by atoms with Crippen molar-refractivity contribution in [2.75, 3.05) is 12.3 Å². The van der Waals surface area contributed by atoms with Crippen LogP contribution in [0.3, 0.4) is 0 Å². The number of nitrogens with one attached hydrogen (secondary N) is 2. The molecule has 0 bridgehead atoms. The summed E-state index contributed by atoms with van der Waals surface area (Å²) >= 11 is 0. The third-order valence-corrected chi connectivity index (χ3v) is 4.48. The molecule has 0 aromatic heterocycles.